The van der Waals surface area contributed by atoms with Crippen LogP contribution < -0.4 is 14.4 Å². The summed E-state index contributed by atoms with van der Waals surface area (Å²) in [6, 6.07) is 8.47. The lowest BCUT2D eigenvalue weighted by molar-refractivity contribution is 0.0981. The third kappa shape index (κ3) is 4.61. The molecule has 6 aliphatic rings. The van der Waals surface area contributed by atoms with E-state index in [1.807, 2.05) is 12.3 Å². The van der Waals surface area contributed by atoms with Crippen molar-refractivity contribution in [2.45, 2.75) is 88.5 Å². The molecule has 6 heterocycles. The Bertz CT molecular complexity index is 1710. The van der Waals surface area contributed by atoms with Gasteiger partial charge in [-0.25, -0.2) is 22.8 Å². The highest BCUT2D eigenvalue weighted by molar-refractivity contribution is 7.90. The van der Waals surface area contributed by atoms with Gasteiger partial charge in [0.25, 0.3) is 15.9 Å². The molecule has 10 nitrogen and oxygen atoms in total. The van der Waals surface area contributed by atoms with Crippen molar-refractivity contribution < 1.29 is 17.9 Å². The number of pyridine rings is 2. The molecule has 9 rings (SSSR count). The third-order valence-electron chi connectivity index (χ3n) is 11.2. The highest BCUT2D eigenvalue weighted by Gasteiger charge is 2.86. The number of carbonyl (C=O) groups is 1. The molecule has 1 N–H and O–H groups in total. The maximum absolute atomic E-state index is 13.7. The molecule has 1 amide bonds. The van der Waals surface area contributed by atoms with Crippen LogP contribution in [0.15, 0.2) is 47.6 Å². The Morgan fingerprint density at radius 1 is 1.02 bits per heavy atom. The standard InChI is InChI=1S/C33H40N6O4S/c1-31(2)18-22-6-4-3-5-7-23-8-9-24(19-34-23)44(41,42)37-30(40)25-10-11-27(35-29(25)38(31)20-22)39-17-12-28(36-39)43-21-26-32(13-14-32)33(26)15-16-33/h8-12,17,19,22,26H,3-7,13-16,18,20-21H2,1-2H3,(H,37,40). The summed E-state index contributed by atoms with van der Waals surface area (Å²) in [6.45, 7) is 5.79. The fourth-order valence-electron chi connectivity index (χ4n) is 8.57. The number of nitrogens with zero attached hydrogens (tertiary/aromatic N) is 5. The second kappa shape index (κ2) is 9.76. The van der Waals surface area contributed by atoms with Gasteiger partial charge in [-0.3, -0.25) is 9.78 Å². The van der Waals surface area contributed by atoms with Crippen LogP contribution in [0.1, 0.15) is 87.7 Å². The molecule has 3 aliphatic heterocycles. The average molecular weight is 617 g/mol. The summed E-state index contributed by atoms with van der Waals surface area (Å²) < 4.78 is 36.6. The lowest BCUT2D eigenvalue weighted by Gasteiger charge is -2.34. The lowest BCUT2D eigenvalue weighted by atomic mass is 9.92. The number of anilines is 1. The molecule has 0 aromatic carbocycles. The largest absolute Gasteiger partial charge is 0.476 e. The molecular formula is C33H40N6O4S. The van der Waals surface area contributed by atoms with Crippen molar-refractivity contribution in [3.8, 4) is 11.7 Å². The van der Waals surface area contributed by atoms with Crippen molar-refractivity contribution in [3.05, 3.63) is 54.0 Å². The SMILES string of the molecule is CC1(C)CC2CCCCCc3ccc(cn3)S(=O)(=O)NC(=O)c3ccc(-n4ccc(OCC5C6(CC6)C56CC6)n4)nc3N1C2. The number of hydrogen-bond acceptors (Lipinski definition) is 8. The Kier molecular flexibility index (Phi) is 6.22. The number of ether oxygens (including phenoxy) is 1. The number of aryl methyl sites for hydroxylation is 1. The summed E-state index contributed by atoms with van der Waals surface area (Å²) in [6.07, 6.45) is 14.6. The molecular weight excluding hydrogens is 576 g/mol. The van der Waals surface area contributed by atoms with Gasteiger partial charge in [-0.05, 0) is 106 Å². The molecule has 4 fully saturated rings. The molecule has 3 aromatic rings. The number of amides is 1. The summed E-state index contributed by atoms with van der Waals surface area (Å²) in [5.41, 5.74) is 1.95. The van der Waals surface area contributed by atoms with Gasteiger partial charge in [0, 0.05) is 42.2 Å². The van der Waals surface area contributed by atoms with Gasteiger partial charge in [0.1, 0.15) is 10.7 Å². The lowest BCUT2D eigenvalue weighted by Crippen LogP contribution is -2.41. The second-order valence-electron chi connectivity index (χ2n) is 14.3. The van der Waals surface area contributed by atoms with Gasteiger partial charge in [-0.2, -0.15) is 0 Å². The average Bonchev–Trinajstić information content (AvgIpc) is 3.94. The van der Waals surface area contributed by atoms with Crippen LogP contribution in [-0.4, -0.2) is 52.8 Å². The van der Waals surface area contributed by atoms with Crippen molar-refractivity contribution >= 4 is 21.7 Å². The smallest absolute Gasteiger partial charge is 0.268 e. The van der Waals surface area contributed by atoms with Crippen LogP contribution in [0.5, 0.6) is 5.88 Å². The van der Waals surface area contributed by atoms with Crippen molar-refractivity contribution in [1.82, 2.24) is 24.5 Å². The van der Waals surface area contributed by atoms with Crippen molar-refractivity contribution in [1.29, 1.82) is 0 Å². The number of nitrogens with one attached hydrogen (secondary N) is 1. The Morgan fingerprint density at radius 2 is 1.82 bits per heavy atom. The van der Waals surface area contributed by atoms with Crippen molar-refractivity contribution in [3.63, 3.8) is 0 Å². The maximum Gasteiger partial charge on any atom is 0.268 e. The van der Waals surface area contributed by atoms with Gasteiger partial charge in [0.05, 0.1) is 12.2 Å². The molecule has 3 aromatic heterocycles. The predicted octanol–water partition coefficient (Wildman–Crippen LogP) is 5.07. The second-order valence-corrected chi connectivity index (χ2v) is 16.0. The van der Waals surface area contributed by atoms with Crippen LogP contribution in [0.3, 0.4) is 0 Å². The van der Waals surface area contributed by atoms with E-state index in [2.05, 4.69) is 33.6 Å². The van der Waals surface area contributed by atoms with E-state index in [4.69, 9.17) is 9.72 Å². The fraction of sp³-hybridized carbons (Fsp3) is 0.576. The molecule has 11 heteroatoms. The van der Waals surface area contributed by atoms with Crippen LogP contribution in [0.25, 0.3) is 5.82 Å². The monoisotopic (exact) mass is 616 g/mol. The van der Waals surface area contributed by atoms with Gasteiger partial charge in [0.15, 0.2) is 5.82 Å². The Balaban J connectivity index is 1.10. The first-order valence-electron chi connectivity index (χ1n) is 16.1. The summed E-state index contributed by atoms with van der Waals surface area (Å²) in [5.74, 6) is 1.96. The van der Waals surface area contributed by atoms with E-state index in [-0.39, 0.29) is 16.0 Å². The minimum atomic E-state index is -4.13. The zero-order chi connectivity index (χ0) is 30.3. The van der Waals surface area contributed by atoms with Gasteiger partial charge in [-0.1, -0.05) is 12.8 Å². The van der Waals surface area contributed by atoms with E-state index < -0.39 is 15.9 Å². The van der Waals surface area contributed by atoms with Gasteiger partial charge in [-0.15, -0.1) is 5.10 Å². The van der Waals surface area contributed by atoms with Crippen LogP contribution in [0.2, 0.25) is 0 Å². The number of carbonyl (C=O) groups excluding carboxylic acids is 1. The van der Waals surface area contributed by atoms with E-state index in [0.29, 0.717) is 46.8 Å². The van der Waals surface area contributed by atoms with Gasteiger partial charge < -0.3 is 9.64 Å². The number of sulfonamides is 1. The van der Waals surface area contributed by atoms with Crippen LogP contribution in [-0.2, 0) is 16.4 Å². The minimum absolute atomic E-state index is 0.0397. The van der Waals surface area contributed by atoms with Crippen LogP contribution in [0.4, 0.5) is 5.82 Å². The predicted molar refractivity (Wildman–Crippen MR) is 164 cm³/mol. The topological polar surface area (TPSA) is 119 Å². The Hall–Kier alpha value is -3.47. The van der Waals surface area contributed by atoms with Crippen LogP contribution in [0, 0.1) is 22.7 Å². The first-order valence-corrected chi connectivity index (χ1v) is 17.6. The zero-order valence-electron chi connectivity index (χ0n) is 25.5. The zero-order valence-corrected chi connectivity index (χ0v) is 26.3. The number of aromatic nitrogens is 4. The highest BCUT2D eigenvalue weighted by Crippen LogP contribution is 2.92. The molecule has 44 heavy (non-hydrogen) atoms. The quantitative estimate of drug-likeness (QED) is 0.432. The molecule has 2 spiro atoms. The molecule has 3 saturated carbocycles. The molecule has 0 radical (unpaired) electrons. The van der Waals surface area contributed by atoms with Crippen molar-refractivity contribution in [2.24, 2.45) is 22.7 Å². The summed E-state index contributed by atoms with van der Waals surface area (Å²) >= 11 is 0. The molecule has 232 valence electrons. The summed E-state index contributed by atoms with van der Waals surface area (Å²) in [5, 5.41) is 4.67. The highest BCUT2D eigenvalue weighted by atomic mass is 32.2. The molecule has 1 unspecified atom stereocenters. The molecule has 1 atom stereocenters. The van der Waals surface area contributed by atoms with E-state index in [1.54, 1.807) is 22.9 Å². The van der Waals surface area contributed by atoms with E-state index >= 15 is 0 Å². The number of rotatable bonds is 4. The normalized spacial score (nSPS) is 25.8. The first-order chi connectivity index (χ1) is 21.1. The van der Waals surface area contributed by atoms with E-state index in [9.17, 15) is 13.2 Å². The number of fused-ring (bicyclic) bond motifs is 9. The Labute approximate surface area is 258 Å². The fourth-order valence-corrected chi connectivity index (χ4v) is 9.48. The van der Waals surface area contributed by atoms with Crippen LogP contribution >= 0.6 is 0 Å². The Morgan fingerprint density at radius 3 is 2.55 bits per heavy atom. The minimum Gasteiger partial charge on any atom is -0.476 e. The van der Waals surface area contributed by atoms with Crippen molar-refractivity contribution in [2.75, 3.05) is 18.1 Å². The van der Waals surface area contributed by atoms with E-state index in [0.717, 1.165) is 50.8 Å². The molecule has 1 saturated heterocycles. The maximum atomic E-state index is 13.7. The molecule has 4 bridgehead atoms. The summed E-state index contributed by atoms with van der Waals surface area (Å²) in [4.78, 5) is 25.1. The van der Waals surface area contributed by atoms with E-state index in [1.165, 1.54) is 37.9 Å². The van der Waals surface area contributed by atoms with Gasteiger partial charge in [0.2, 0.25) is 5.88 Å². The van der Waals surface area contributed by atoms with Gasteiger partial charge >= 0.3 is 0 Å². The summed E-state index contributed by atoms with van der Waals surface area (Å²) in [7, 11) is -4.13. The first kappa shape index (κ1) is 28.0. The third-order valence-corrected chi connectivity index (χ3v) is 12.5. The number of hydrogen-bond donors (Lipinski definition) is 1. The molecule has 3 aliphatic carbocycles.